The fourth-order valence-corrected chi connectivity index (χ4v) is 2.09. The van der Waals surface area contributed by atoms with Gasteiger partial charge in [-0.3, -0.25) is 4.98 Å². The van der Waals surface area contributed by atoms with Crippen LogP contribution in [0.5, 0.6) is 0 Å². The van der Waals surface area contributed by atoms with Gasteiger partial charge in [0.25, 0.3) is 0 Å². The van der Waals surface area contributed by atoms with Gasteiger partial charge < -0.3 is 5.32 Å². The lowest BCUT2D eigenvalue weighted by Gasteiger charge is -2.23. The molecule has 0 spiro atoms. The summed E-state index contributed by atoms with van der Waals surface area (Å²) in [5.41, 5.74) is 4.95. The van der Waals surface area contributed by atoms with Gasteiger partial charge in [0, 0.05) is 24.1 Å². The standard InChI is InChI=1S/C17H22N2/c1-13-9-10-14(11-18-13)12-19-16-8-6-5-7-15(16)17(2,3)4/h5-11,19H,12H2,1-4H3. The van der Waals surface area contributed by atoms with Crippen molar-refractivity contribution in [2.75, 3.05) is 5.32 Å². The molecule has 1 N–H and O–H groups in total. The van der Waals surface area contributed by atoms with Gasteiger partial charge in [-0.1, -0.05) is 45.0 Å². The van der Waals surface area contributed by atoms with Gasteiger partial charge in [-0.05, 0) is 35.6 Å². The highest BCUT2D eigenvalue weighted by Gasteiger charge is 2.16. The Labute approximate surface area is 115 Å². The van der Waals surface area contributed by atoms with Gasteiger partial charge in [0.05, 0.1) is 0 Å². The molecule has 0 aliphatic carbocycles. The maximum absolute atomic E-state index is 4.32. The number of rotatable bonds is 3. The fourth-order valence-electron chi connectivity index (χ4n) is 2.09. The Bertz CT molecular complexity index is 536. The first-order valence-electron chi connectivity index (χ1n) is 6.72. The molecule has 0 bridgehead atoms. The summed E-state index contributed by atoms with van der Waals surface area (Å²) in [6.45, 7) is 9.52. The Morgan fingerprint density at radius 3 is 2.42 bits per heavy atom. The fraction of sp³-hybridized carbons (Fsp3) is 0.353. The smallest absolute Gasteiger partial charge is 0.0416 e. The van der Waals surface area contributed by atoms with E-state index in [0.717, 1.165) is 12.2 Å². The van der Waals surface area contributed by atoms with Gasteiger partial charge in [-0.2, -0.15) is 0 Å². The van der Waals surface area contributed by atoms with Gasteiger partial charge in [-0.15, -0.1) is 0 Å². The summed E-state index contributed by atoms with van der Waals surface area (Å²) in [5, 5.41) is 3.52. The molecule has 0 atom stereocenters. The van der Waals surface area contributed by atoms with Crippen LogP contribution in [0.1, 0.15) is 37.6 Å². The van der Waals surface area contributed by atoms with Crippen molar-refractivity contribution in [3.8, 4) is 0 Å². The minimum absolute atomic E-state index is 0.148. The lowest BCUT2D eigenvalue weighted by molar-refractivity contribution is 0.591. The Kier molecular flexibility index (Phi) is 3.89. The minimum Gasteiger partial charge on any atom is -0.381 e. The summed E-state index contributed by atoms with van der Waals surface area (Å²) in [4.78, 5) is 4.32. The molecule has 0 saturated heterocycles. The van der Waals surface area contributed by atoms with Crippen LogP contribution in [0.3, 0.4) is 0 Å². The second kappa shape index (κ2) is 5.43. The molecule has 0 aliphatic rings. The maximum atomic E-state index is 4.32. The maximum Gasteiger partial charge on any atom is 0.0416 e. The van der Waals surface area contributed by atoms with E-state index in [9.17, 15) is 0 Å². The highest BCUT2D eigenvalue weighted by molar-refractivity contribution is 5.54. The molecule has 2 nitrogen and oxygen atoms in total. The number of nitrogens with one attached hydrogen (secondary N) is 1. The predicted octanol–water partition coefficient (Wildman–Crippen LogP) is 4.30. The van der Waals surface area contributed by atoms with Crippen LogP contribution in [0.2, 0.25) is 0 Å². The van der Waals surface area contributed by atoms with Gasteiger partial charge in [0.1, 0.15) is 0 Å². The lowest BCUT2D eigenvalue weighted by Crippen LogP contribution is -2.14. The number of nitrogens with zero attached hydrogens (tertiary/aromatic N) is 1. The summed E-state index contributed by atoms with van der Waals surface area (Å²) in [6, 6.07) is 12.7. The average Bonchev–Trinajstić information content (AvgIpc) is 2.37. The van der Waals surface area contributed by atoms with Crippen molar-refractivity contribution in [2.24, 2.45) is 0 Å². The number of aryl methyl sites for hydroxylation is 1. The quantitative estimate of drug-likeness (QED) is 0.883. The highest BCUT2D eigenvalue weighted by atomic mass is 14.9. The third-order valence-electron chi connectivity index (χ3n) is 3.19. The average molecular weight is 254 g/mol. The third-order valence-corrected chi connectivity index (χ3v) is 3.19. The second-order valence-electron chi connectivity index (χ2n) is 5.96. The molecule has 0 aliphatic heterocycles. The monoisotopic (exact) mass is 254 g/mol. The molecule has 1 aromatic carbocycles. The van der Waals surface area contributed by atoms with Crippen LogP contribution in [0, 0.1) is 6.92 Å². The molecule has 2 heteroatoms. The topological polar surface area (TPSA) is 24.9 Å². The molecular weight excluding hydrogens is 232 g/mol. The van der Waals surface area contributed by atoms with E-state index in [-0.39, 0.29) is 5.41 Å². The van der Waals surface area contributed by atoms with Crippen molar-refractivity contribution in [3.63, 3.8) is 0 Å². The van der Waals surface area contributed by atoms with E-state index < -0.39 is 0 Å². The number of pyridine rings is 1. The molecular formula is C17H22N2. The number of aromatic nitrogens is 1. The first-order chi connectivity index (χ1) is 8.97. The van der Waals surface area contributed by atoms with E-state index in [1.165, 1.54) is 16.8 Å². The predicted molar refractivity (Wildman–Crippen MR) is 81.4 cm³/mol. The molecule has 0 saturated carbocycles. The number of para-hydroxylation sites is 1. The van der Waals surface area contributed by atoms with Crippen molar-refractivity contribution in [3.05, 3.63) is 59.4 Å². The van der Waals surface area contributed by atoms with Crippen LogP contribution in [0.25, 0.3) is 0 Å². The third kappa shape index (κ3) is 3.57. The summed E-state index contributed by atoms with van der Waals surface area (Å²) >= 11 is 0. The van der Waals surface area contributed by atoms with Crippen LogP contribution >= 0.6 is 0 Å². The number of anilines is 1. The Balaban J connectivity index is 2.14. The van der Waals surface area contributed by atoms with Crippen LogP contribution in [0.4, 0.5) is 5.69 Å². The molecule has 0 unspecified atom stereocenters. The van der Waals surface area contributed by atoms with Crippen LogP contribution in [0.15, 0.2) is 42.6 Å². The molecule has 1 aromatic heterocycles. The van der Waals surface area contributed by atoms with Crippen molar-refractivity contribution in [2.45, 2.75) is 39.7 Å². The zero-order chi connectivity index (χ0) is 13.9. The van der Waals surface area contributed by atoms with E-state index in [4.69, 9.17) is 0 Å². The van der Waals surface area contributed by atoms with E-state index in [2.05, 4.69) is 61.4 Å². The first-order valence-corrected chi connectivity index (χ1v) is 6.72. The molecule has 2 rings (SSSR count). The van der Waals surface area contributed by atoms with Crippen LogP contribution < -0.4 is 5.32 Å². The van der Waals surface area contributed by atoms with Gasteiger partial charge in [-0.25, -0.2) is 0 Å². The summed E-state index contributed by atoms with van der Waals surface area (Å²) in [5.74, 6) is 0. The summed E-state index contributed by atoms with van der Waals surface area (Å²) in [7, 11) is 0. The van der Waals surface area contributed by atoms with E-state index in [1.807, 2.05) is 19.2 Å². The molecule has 1 heterocycles. The molecule has 100 valence electrons. The Morgan fingerprint density at radius 2 is 1.79 bits per heavy atom. The molecule has 19 heavy (non-hydrogen) atoms. The van der Waals surface area contributed by atoms with Crippen molar-refractivity contribution in [1.82, 2.24) is 4.98 Å². The van der Waals surface area contributed by atoms with Gasteiger partial charge >= 0.3 is 0 Å². The number of hydrogen-bond donors (Lipinski definition) is 1. The van der Waals surface area contributed by atoms with Crippen LogP contribution in [-0.4, -0.2) is 4.98 Å². The summed E-state index contributed by atoms with van der Waals surface area (Å²) < 4.78 is 0. The Hall–Kier alpha value is -1.83. The van der Waals surface area contributed by atoms with Crippen molar-refractivity contribution in [1.29, 1.82) is 0 Å². The van der Waals surface area contributed by atoms with E-state index in [0.29, 0.717) is 0 Å². The molecule has 0 amide bonds. The largest absolute Gasteiger partial charge is 0.381 e. The molecule has 0 radical (unpaired) electrons. The summed E-state index contributed by atoms with van der Waals surface area (Å²) in [6.07, 6.45) is 1.93. The SMILES string of the molecule is Cc1ccc(CNc2ccccc2C(C)(C)C)cn1. The van der Waals surface area contributed by atoms with E-state index >= 15 is 0 Å². The Morgan fingerprint density at radius 1 is 1.05 bits per heavy atom. The zero-order valence-electron chi connectivity index (χ0n) is 12.2. The zero-order valence-corrected chi connectivity index (χ0v) is 12.2. The first kappa shape index (κ1) is 13.6. The number of hydrogen-bond acceptors (Lipinski definition) is 2. The van der Waals surface area contributed by atoms with Crippen LogP contribution in [-0.2, 0) is 12.0 Å². The lowest BCUT2D eigenvalue weighted by atomic mass is 9.86. The molecule has 2 aromatic rings. The minimum atomic E-state index is 0.148. The van der Waals surface area contributed by atoms with E-state index in [1.54, 1.807) is 0 Å². The number of benzene rings is 1. The van der Waals surface area contributed by atoms with Gasteiger partial charge in [0.2, 0.25) is 0 Å². The van der Waals surface area contributed by atoms with Crippen molar-refractivity contribution < 1.29 is 0 Å². The highest BCUT2D eigenvalue weighted by Crippen LogP contribution is 2.29. The second-order valence-corrected chi connectivity index (χ2v) is 5.96. The van der Waals surface area contributed by atoms with Crippen molar-refractivity contribution >= 4 is 5.69 Å². The normalized spacial score (nSPS) is 11.4. The molecule has 0 fully saturated rings. The van der Waals surface area contributed by atoms with Gasteiger partial charge in [0.15, 0.2) is 0 Å².